The first-order chi connectivity index (χ1) is 8.00. The van der Waals surface area contributed by atoms with E-state index in [4.69, 9.17) is 5.73 Å². The van der Waals surface area contributed by atoms with Gasteiger partial charge in [0.2, 0.25) is 0 Å². The Labute approximate surface area is 111 Å². The minimum atomic E-state index is 0.344. The van der Waals surface area contributed by atoms with Crippen LogP contribution in [0.25, 0.3) is 0 Å². The van der Waals surface area contributed by atoms with E-state index in [-0.39, 0.29) is 0 Å². The van der Waals surface area contributed by atoms with Crippen molar-refractivity contribution in [3.05, 3.63) is 0 Å². The lowest BCUT2D eigenvalue weighted by Crippen LogP contribution is -2.52. The van der Waals surface area contributed by atoms with Gasteiger partial charge in [-0.3, -0.25) is 4.90 Å². The molecule has 0 bridgehead atoms. The van der Waals surface area contributed by atoms with E-state index in [1.165, 1.54) is 43.9 Å². The number of thioether (sulfide) groups is 1. The van der Waals surface area contributed by atoms with Crippen LogP contribution in [0.15, 0.2) is 0 Å². The summed E-state index contributed by atoms with van der Waals surface area (Å²) in [6.07, 6.45) is 4.00. The summed E-state index contributed by atoms with van der Waals surface area (Å²) in [6, 6.07) is 1.13. The van der Waals surface area contributed by atoms with Crippen molar-refractivity contribution in [1.82, 2.24) is 4.90 Å². The Morgan fingerprint density at radius 2 is 2.18 bits per heavy atom. The molecule has 2 N–H and O–H groups in total. The van der Waals surface area contributed by atoms with Crippen LogP contribution in [0.4, 0.5) is 0 Å². The molecule has 100 valence electrons. The van der Waals surface area contributed by atoms with E-state index in [1.54, 1.807) is 0 Å². The monoisotopic (exact) mass is 256 g/mol. The molecule has 0 aromatic rings. The zero-order valence-electron chi connectivity index (χ0n) is 11.6. The lowest BCUT2D eigenvalue weighted by molar-refractivity contribution is 0.0924. The summed E-state index contributed by atoms with van der Waals surface area (Å²) < 4.78 is 0. The first-order valence-electron chi connectivity index (χ1n) is 7.08. The van der Waals surface area contributed by atoms with E-state index in [2.05, 4.69) is 37.4 Å². The maximum Gasteiger partial charge on any atom is 0.0158 e. The van der Waals surface area contributed by atoms with E-state index in [1.807, 2.05) is 0 Å². The van der Waals surface area contributed by atoms with Gasteiger partial charge in [-0.2, -0.15) is 11.8 Å². The molecule has 1 heterocycles. The average Bonchev–Trinajstić information content (AvgIpc) is 2.28. The van der Waals surface area contributed by atoms with Gasteiger partial charge in [-0.25, -0.2) is 0 Å². The topological polar surface area (TPSA) is 29.3 Å². The average molecular weight is 256 g/mol. The lowest BCUT2D eigenvalue weighted by atomic mass is 9.68. The Morgan fingerprint density at radius 3 is 2.88 bits per heavy atom. The maximum absolute atomic E-state index is 6.49. The summed E-state index contributed by atoms with van der Waals surface area (Å²) in [6.45, 7) is 9.55. The lowest BCUT2D eigenvalue weighted by Gasteiger charge is -2.45. The fraction of sp³-hybridized carbons (Fsp3) is 1.00. The van der Waals surface area contributed by atoms with Crippen LogP contribution in [0.1, 0.15) is 40.0 Å². The molecule has 1 aliphatic heterocycles. The Hall–Kier alpha value is 0.270. The van der Waals surface area contributed by atoms with Gasteiger partial charge in [-0.05, 0) is 31.1 Å². The molecular formula is C14H28N2S. The molecule has 0 aromatic heterocycles. The Bertz CT molecular complexity index is 255. The van der Waals surface area contributed by atoms with Gasteiger partial charge < -0.3 is 5.73 Å². The predicted molar refractivity (Wildman–Crippen MR) is 77.5 cm³/mol. The van der Waals surface area contributed by atoms with E-state index >= 15 is 0 Å². The maximum atomic E-state index is 6.49. The number of nitrogens with two attached hydrogens (primary N) is 1. The standard InChI is InChI=1S/C14H28N2S/c1-11-10-17-8-7-16(11)9-12-5-4-6-14(2,3)13(12)15/h11-13H,4-10,15H2,1-3H3. The van der Waals surface area contributed by atoms with Crippen molar-refractivity contribution in [3.8, 4) is 0 Å². The van der Waals surface area contributed by atoms with Gasteiger partial charge in [0.25, 0.3) is 0 Å². The highest BCUT2D eigenvalue weighted by Crippen LogP contribution is 2.38. The highest BCUT2D eigenvalue weighted by atomic mass is 32.2. The molecule has 3 unspecified atom stereocenters. The second kappa shape index (κ2) is 5.50. The second-order valence-electron chi connectivity index (χ2n) is 6.59. The molecule has 0 spiro atoms. The van der Waals surface area contributed by atoms with Gasteiger partial charge in [-0.15, -0.1) is 0 Å². The predicted octanol–water partition coefficient (Wildman–Crippen LogP) is 2.58. The molecule has 0 amide bonds. The highest BCUT2D eigenvalue weighted by Gasteiger charge is 2.37. The van der Waals surface area contributed by atoms with Crippen molar-refractivity contribution in [1.29, 1.82) is 0 Å². The molecule has 2 fully saturated rings. The minimum absolute atomic E-state index is 0.344. The van der Waals surface area contributed by atoms with Crippen LogP contribution in [-0.4, -0.2) is 41.6 Å². The van der Waals surface area contributed by atoms with Crippen LogP contribution in [0, 0.1) is 11.3 Å². The number of hydrogen-bond acceptors (Lipinski definition) is 3. The summed E-state index contributed by atoms with van der Waals surface area (Å²) >= 11 is 2.10. The number of nitrogens with zero attached hydrogens (tertiary/aromatic N) is 1. The number of rotatable bonds is 2. The van der Waals surface area contributed by atoms with Crippen molar-refractivity contribution >= 4 is 11.8 Å². The van der Waals surface area contributed by atoms with Crippen LogP contribution in [0.3, 0.4) is 0 Å². The zero-order valence-corrected chi connectivity index (χ0v) is 12.4. The summed E-state index contributed by atoms with van der Waals surface area (Å²) in [5, 5.41) is 0. The van der Waals surface area contributed by atoms with Crippen LogP contribution < -0.4 is 5.73 Å². The van der Waals surface area contributed by atoms with Crippen molar-refractivity contribution < 1.29 is 0 Å². The number of hydrogen-bond donors (Lipinski definition) is 1. The van der Waals surface area contributed by atoms with Gasteiger partial charge in [0, 0.05) is 36.7 Å². The molecule has 2 rings (SSSR count). The first kappa shape index (κ1) is 13.7. The summed E-state index contributed by atoms with van der Waals surface area (Å²) in [5.74, 6) is 3.31. The Kier molecular flexibility index (Phi) is 4.43. The smallest absolute Gasteiger partial charge is 0.0158 e. The quantitative estimate of drug-likeness (QED) is 0.823. The largest absolute Gasteiger partial charge is 0.327 e. The summed E-state index contributed by atoms with van der Waals surface area (Å²) in [7, 11) is 0. The molecule has 0 radical (unpaired) electrons. The van der Waals surface area contributed by atoms with Gasteiger partial charge in [0.15, 0.2) is 0 Å². The van der Waals surface area contributed by atoms with Crippen LogP contribution in [0.5, 0.6) is 0 Å². The van der Waals surface area contributed by atoms with Gasteiger partial charge in [0.1, 0.15) is 0 Å². The first-order valence-corrected chi connectivity index (χ1v) is 8.23. The van der Waals surface area contributed by atoms with E-state index in [9.17, 15) is 0 Å². The SMILES string of the molecule is CC1CSCCN1CC1CCCC(C)(C)C1N. The highest BCUT2D eigenvalue weighted by molar-refractivity contribution is 7.99. The van der Waals surface area contributed by atoms with Crippen molar-refractivity contribution in [2.45, 2.75) is 52.1 Å². The molecule has 1 saturated carbocycles. The fourth-order valence-corrected chi connectivity index (χ4v) is 4.43. The summed E-state index contributed by atoms with van der Waals surface area (Å²) in [5.41, 5.74) is 6.83. The molecular weight excluding hydrogens is 228 g/mol. The zero-order chi connectivity index (χ0) is 12.5. The van der Waals surface area contributed by atoms with Crippen LogP contribution >= 0.6 is 11.8 Å². The van der Waals surface area contributed by atoms with Gasteiger partial charge in [-0.1, -0.05) is 20.3 Å². The van der Waals surface area contributed by atoms with Crippen LogP contribution in [-0.2, 0) is 0 Å². The van der Waals surface area contributed by atoms with E-state index < -0.39 is 0 Å². The molecule has 1 saturated heterocycles. The summed E-state index contributed by atoms with van der Waals surface area (Å²) in [4.78, 5) is 2.67. The Morgan fingerprint density at radius 1 is 1.41 bits per heavy atom. The van der Waals surface area contributed by atoms with E-state index in [0.29, 0.717) is 17.4 Å². The molecule has 3 atom stereocenters. The second-order valence-corrected chi connectivity index (χ2v) is 7.74. The van der Waals surface area contributed by atoms with E-state index in [0.717, 1.165) is 6.04 Å². The third-order valence-electron chi connectivity index (χ3n) is 4.78. The van der Waals surface area contributed by atoms with Crippen LogP contribution in [0.2, 0.25) is 0 Å². The molecule has 3 heteroatoms. The van der Waals surface area contributed by atoms with Crippen molar-refractivity contribution in [2.75, 3.05) is 24.6 Å². The molecule has 2 aliphatic rings. The normalized spacial score (nSPS) is 39.2. The molecule has 2 nitrogen and oxygen atoms in total. The molecule has 17 heavy (non-hydrogen) atoms. The van der Waals surface area contributed by atoms with Crippen molar-refractivity contribution in [2.24, 2.45) is 17.1 Å². The minimum Gasteiger partial charge on any atom is -0.327 e. The molecule has 0 aromatic carbocycles. The Balaban J connectivity index is 1.93. The van der Waals surface area contributed by atoms with Crippen molar-refractivity contribution in [3.63, 3.8) is 0 Å². The third kappa shape index (κ3) is 3.18. The van der Waals surface area contributed by atoms with Gasteiger partial charge >= 0.3 is 0 Å². The molecule has 1 aliphatic carbocycles. The van der Waals surface area contributed by atoms with Gasteiger partial charge in [0.05, 0.1) is 0 Å². The third-order valence-corrected chi connectivity index (χ3v) is 5.97. The fourth-order valence-electron chi connectivity index (χ4n) is 3.34.